The molecule has 0 aliphatic carbocycles. The Hall–Kier alpha value is -2.34. The van der Waals surface area contributed by atoms with E-state index >= 15 is 0 Å². The number of aromatic carboxylic acids is 1. The van der Waals surface area contributed by atoms with Gasteiger partial charge in [0.25, 0.3) is 5.91 Å². The molecule has 0 radical (unpaired) electrons. The molecule has 0 spiro atoms. The zero-order valence-corrected chi connectivity index (χ0v) is 12.4. The molecule has 108 valence electrons. The maximum atomic E-state index is 12.3. The highest BCUT2D eigenvalue weighted by molar-refractivity contribution is 7.98. The quantitative estimate of drug-likeness (QED) is 0.849. The first-order valence-corrected chi connectivity index (χ1v) is 7.39. The zero-order chi connectivity index (χ0) is 15.4. The van der Waals surface area contributed by atoms with Gasteiger partial charge in [-0.25, -0.2) is 9.78 Å². The molecular weight excluding hydrogens is 288 g/mol. The molecule has 2 aromatic rings. The number of carboxylic acids is 1. The highest BCUT2D eigenvalue weighted by Crippen LogP contribution is 2.21. The highest BCUT2D eigenvalue weighted by atomic mass is 32.2. The van der Waals surface area contributed by atoms with Crippen molar-refractivity contribution in [3.63, 3.8) is 0 Å². The maximum Gasteiger partial charge on any atom is 0.335 e. The Kier molecular flexibility index (Phi) is 4.59. The standard InChI is InChI=1S/C15H14N2O3S/c1-9-8-10(15(19)20)5-6-12(9)17-13(18)11-4-3-7-16-14(11)21-2/h3-8H,1-2H3,(H,17,18)(H,19,20). The lowest BCUT2D eigenvalue weighted by Crippen LogP contribution is -2.14. The van der Waals surface area contributed by atoms with Crippen LogP contribution < -0.4 is 5.32 Å². The van der Waals surface area contributed by atoms with Gasteiger partial charge in [-0.1, -0.05) is 0 Å². The first-order valence-electron chi connectivity index (χ1n) is 6.17. The van der Waals surface area contributed by atoms with Gasteiger partial charge in [-0.2, -0.15) is 0 Å². The van der Waals surface area contributed by atoms with Crippen LogP contribution >= 0.6 is 11.8 Å². The van der Waals surface area contributed by atoms with Crippen LogP contribution in [0.2, 0.25) is 0 Å². The summed E-state index contributed by atoms with van der Waals surface area (Å²) in [7, 11) is 0. The smallest absolute Gasteiger partial charge is 0.335 e. The lowest BCUT2D eigenvalue weighted by atomic mass is 10.1. The summed E-state index contributed by atoms with van der Waals surface area (Å²) in [5.74, 6) is -1.26. The molecule has 1 heterocycles. The highest BCUT2D eigenvalue weighted by Gasteiger charge is 2.13. The predicted molar refractivity (Wildman–Crippen MR) is 82.1 cm³/mol. The van der Waals surface area contributed by atoms with Crippen molar-refractivity contribution in [1.29, 1.82) is 0 Å². The van der Waals surface area contributed by atoms with Gasteiger partial charge in [-0.05, 0) is 49.1 Å². The van der Waals surface area contributed by atoms with Crippen molar-refractivity contribution < 1.29 is 14.7 Å². The molecule has 6 heteroatoms. The van der Waals surface area contributed by atoms with Crippen molar-refractivity contribution in [3.05, 3.63) is 53.2 Å². The van der Waals surface area contributed by atoms with Gasteiger partial charge in [-0.15, -0.1) is 11.8 Å². The van der Waals surface area contributed by atoms with Crippen molar-refractivity contribution >= 4 is 29.3 Å². The largest absolute Gasteiger partial charge is 0.478 e. The van der Waals surface area contributed by atoms with E-state index in [1.54, 1.807) is 31.3 Å². The Labute approximate surface area is 126 Å². The van der Waals surface area contributed by atoms with E-state index in [-0.39, 0.29) is 11.5 Å². The van der Waals surface area contributed by atoms with Crippen LogP contribution in [0, 0.1) is 6.92 Å². The predicted octanol–water partition coefficient (Wildman–Crippen LogP) is 3.06. The molecule has 0 saturated carbocycles. The SMILES string of the molecule is CSc1ncccc1C(=O)Nc1ccc(C(=O)O)cc1C. The molecule has 0 fully saturated rings. The molecule has 2 N–H and O–H groups in total. The number of carboxylic acid groups (broad SMARTS) is 1. The second-order valence-corrected chi connectivity index (χ2v) is 5.14. The van der Waals surface area contributed by atoms with E-state index in [9.17, 15) is 9.59 Å². The minimum Gasteiger partial charge on any atom is -0.478 e. The van der Waals surface area contributed by atoms with E-state index in [2.05, 4.69) is 10.3 Å². The van der Waals surface area contributed by atoms with E-state index in [1.165, 1.54) is 23.9 Å². The fourth-order valence-electron chi connectivity index (χ4n) is 1.85. The van der Waals surface area contributed by atoms with Crippen molar-refractivity contribution in [2.75, 3.05) is 11.6 Å². The van der Waals surface area contributed by atoms with E-state index in [4.69, 9.17) is 5.11 Å². The molecule has 0 saturated heterocycles. The number of nitrogens with zero attached hydrogens (tertiary/aromatic N) is 1. The monoisotopic (exact) mass is 302 g/mol. The van der Waals surface area contributed by atoms with Crippen LogP contribution in [-0.4, -0.2) is 28.2 Å². The zero-order valence-electron chi connectivity index (χ0n) is 11.6. The summed E-state index contributed by atoms with van der Waals surface area (Å²) in [6, 6.07) is 7.98. The number of aryl methyl sites for hydroxylation is 1. The second kappa shape index (κ2) is 6.41. The molecule has 0 atom stereocenters. The Balaban J connectivity index is 2.26. The molecule has 0 aliphatic rings. The maximum absolute atomic E-state index is 12.3. The lowest BCUT2D eigenvalue weighted by molar-refractivity contribution is 0.0696. The van der Waals surface area contributed by atoms with Gasteiger partial charge < -0.3 is 10.4 Å². The summed E-state index contributed by atoms with van der Waals surface area (Å²) in [5.41, 5.74) is 1.96. The average Bonchev–Trinajstić information content (AvgIpc) is 2.48. The van der Waals surface area contributed by atoms with Gasteiger partial charge in [0.1, 0.15) is 5.03 Å². The third kappa shape index (κ3) is 3.41. The molecule has 5 nitrogen and oxygen atoms in total. The average molecular weight is 302 g/mol. The van der Waals surface area contributed by atoms with Crippen LogP contribution in [0.1, 0.15) is 26.3 Å². The molecule has 2 rings (SSSR count). The Morgan fingerprint density at radius 2 is 2.05 bits per heavy atom. The van der Waals surface area contributed by atoms with Gasteiger partial charge in [0.15, 0.2) is 0 Å². The van der Waals surface area contributed by atoms with Crippen LogP contribution in [0.25, 0.3) is 0 Å². The number of amides is 1. The number of carbonyl (C=O) groups excluding carboxylic acids is 1. The third-order valence-electron chi connectivity index (χ3n) is 2.93. The van der Waals surface area contributed by atoms with Gasteiger partial charge >= 0.3 is 5.97 Å². The van der Waals surface area contributed by atoms with Gasteiger partial charge in [0.2, 0.25) is 0 Å². The molecule has 1 amide bonds. The number of rotatable bonds is 4. The summed E-state index contributed by atoms with van der Waals surface area (Å²) < 4.78 is 0. The van der Waals surface area contributed by atoms with Gasteiger partial charge in [-0.3, -0.25) is 4.79 Å². The van der Waals surface area contributed by atoms with Gasteiger partial charge in [0.05, 0.1) is 11.1 Å². The molecule has 0 aliphatic heterocycles. The molecule has 21 heavy (non-hydrogen) atoms. The van der Waals surface area contributed by atoms with Crippen molar-refractivity contribution in [1.82, 2.24) is 4.98 Å². The number of carbonyl (C=O) groups is 2. The number of hydrogen-bond acceptors (Lipinski definition) is 4. The molecule has 1 aromatic carbocycles. The second-order valence-electron chi connectivity index (χ2n) is 4.35. The summed E-state index contributed by atoms with van der Waals surface area (Å²) in [6.07, 6.45) is 3.49. The minimum absolute atomic E-state index is 0.191. The fraction of sp³-hybridized carbons (Fsp3) is 0.133. The molecular formula is C15H14N2O3S. The van der Waals surface area contributed by atoms with Crippen LogP contribution in [0.3, 0.4) is 0 Å². The number of hydrogen-bond donors (Lipinski definition) is 2. The summed E-state index contributed by atoms with van der Waals surface area (Å²) >= 11 is 1.40. The molecule has 0 bridgehead atoms. The Bertz CT molecular complexity index is 701. The molecule has 0 unspecified atom stereocenters. The summed E-state index contributed by atoms with van der Waals surface area (Å²) in [4.78, 5) is 27.3. The fourth-order valence-corrected chi connectivity index (χ4v) is 2.40. The normalized spacial score (nSPS) is 10.2. The first-order chi connectivity index (χ1) is 10.0. The lowest BCUT2D eigenvalue weighted by Gasteiger charge is -2.10. The Morgan fingerprint density at radius 1 is 1.29 bits per heavy atom. The first kappa shape index (κ1) is 15.1. The summed E-state index contributed by atoms with van der Waals surface area (Å²) in [6.45, 7) is 1.75. The van der Waals surface area contributed by atoms with Crippen LogP contribution in [-0.2, 0) is 0 Å². The number of thioether (sulfide) groups is 1. The minimum atomic E-state index is -0.993. The number of anilines is 1. The third-order valence-corrected chi connectivity index (χ3v) is 3.64. The van der Waals surface area contributed by atoms with E-state index < -0.39 is 5.97 Å². The number of nitrogens with one attached hydrogen (secondary N) is 1. The topological polar surface area (TPSA) is 79.3 Å². The number of pyridine rings is 1. The molecule has 1 aromatic heterocycles. The van der Waals surface area contributed by atoms with E-state index in [0.717, 1.165) is 0 Å². The van der Waals surface area contributed by atoms with Crippen molar-refractivity contribution in [2.45, 2.75) is 11.9 Å². The van der Waals surface area contributed by atoms with Crippen molar-refractivity contribution in [2.24, 2.45) is 0 Å². The van der Waals surface area contributed by atoms with Crippen LogP contribution in [0.15, 0.2) is 41.6 Å². The van der Waals surface area contributed by atoms with E-state index in [1.807, 2.05) is 6.26 Å². The van der Waals surface area contributed by atoms with Gasteiger partial charge in [0, 0.05) is 11.9 Å². The van der Waals surface area contributed by atoms with Crippen LogP contribution in [0.4, 0.5) is 5.69 Å². The number of aromatic nitrogens is 1. The van der Waals surface area contributed by atoms with Crippen molar-refractivity contribution in [3.8, 4) is 0 Å². The summed E-state index contributed by atoms with van der Waals surface area (Å²) in [5, 5.41) is 12.4. The number of benzene rings is 1. The van der Waals surface area contributed by atoms with Crippen LogP contribution in [0.5, 0.6) is 0 Å². The van der Waals surface area contributed by atoms with E-state index in [0.29, 0.717) is 21.8 Å². The Morgan fingerprint density at radius 3 is 2.67 bits per heavy atom.